The molecule has 0 aliphatic carbocycles. The van der Waals surface area contributed by atoms with Gasteiger partial charge >= 0.3 is 0 Å². The van der Waals surface area contributed by atoms with E-state index >= 15 is 0 Å². The van der Waals surface area contributed by atoms with E-state index in [2.05, 4.69) is 5.32 Å². The van der Waals surface area contributed by atoms with Crippen molar-refractivity contribution in [3.8, 4) is 0 Å². The predicted octanol–water partition coefficient (Wildman–Crippen LogP) is 2.67. The molecular weight excluding hydrogens is 370 g/mol. The lowest BCUT2D eigenvalue weighted by Crippen LogP contribution is -2.28. The lowest BCUT2D eigenvalue weighted by Gasteiger charge is -2.16. The highest BCUT2D eigenvalue weighted by molar-refractivity contribution is 7.89. The minimum atomic E-state index is -3.58. The number of hydrogen-bond acceptors (Lipinski definition) is 6. The third kappa shape index (κ3) is 4.32. The van der Waals surface area contributed by atoms with Crippen LogP contribution < -0.4 is 5.32 Å². The molecule has 1 aliphatic heterocycles. The van der Waals surface area contributed by atoms with Crippen molar-refractivity contribution in [2.45, 2.75) is 17.7 Å². The summed E-state index contributed by atoms with van der Waals surface area (Å²) in [6.45, 7) is 0.954. The molecular formula is C18H19N3O5S. The van der Waals surface area contributed by atoms with Crippen molar-refractivity contribution in [1.82, 2.24) is 4.31 Å². The number of nitrogens with one attached hydrogen (secondary N) is 1. The summed E-state index contributed by atoms with van der Waals surface area (Å²) in [5, 5.41) is 13.5. The maximum atomic E-state index is 12.6. The van der Waals surface area contributed by atoms with Crippen molar-refractivity contribution in [2.75, 3.05) is 25.0 Å². The van der Waals surface area contributed by atoms with Gasteiger partial charge in [0.25, 0.3) is 5.69 Å². The van der Waals surface area contributed by atoms with Gasteiger partial charge in [0.2, 0.25) is 10.0 Å². The van der Waals surface area contributed by atoms with Crippen molar-refractivity contribution >= 4 is 27.2 Å². The van der Waals surface area contributed by atoms with Crippen molar-refractivity contribution in [1.29, 1.82) is 0 Å². The van der Waals surface area contributed by atoms with Gasteiger partial charge in [0.05, 0.1) is 16.4 Å². The number of hydrogen-bond donors (Lipinski definition) is 1. The van der Waals surface area contributed by atoms with E-state index in [0.29, 0.717) is 24.3 Å². The van der Waals surface area contributed by atoms with Crippen LogP contribution in [0.5, 0.6) is 0 Å². The predicted molar refractivity (Wildman–Crippen MR) is 100 cm³/mol. The van der Waals surface area contributed by atoms with Crippen molar-refractivity contribution < 1.29 is 18.1 Å². The fourth-order valence-corrected chi connectivity index (χ4v) is 4.46. The quantitative estimate of drug-likeness (QED) is 0.443. The van der Waals surface area contributed by atoms with E-state index in [1.54, 1.807) is 12.1 Å². The van der Waals surface area contributed by atoms with Gasteiger partial charge in [-0.2, -0.15) is 4.31 Å². The van der Waals surface area contributed by atoms with Crippen LogP contribution in [0.1, 0.15) is 23.2 Å². The summed E-state index contributed by atoms with van der Waals surface area (Å²) in [7, 11) is -3.58. The third-order valence-corrected chi connectivity index (χ3v) is 6.28. The second-order valence-electron chi connectivity index (χ2n) is 6.22. The molecule has 0 atom stereocenters. The van der Waals surface area contributed by atoms with Crippen LogP contribution in [0, 0.1) is 10.1 Å². The summed E-state index contributed by atoms with van der Waals surface area (Å²) in [4.78, 5) is 22.7. The molecule has 2 aromatic carbocycles. The van der Waals surface area contributed by atoms with Gasteiger partial charge in [0, 0.05) is 36.5 Å². The van der Waals surface area contributed by atoms with Crippen LogP contribution in [0.25, 0.3) is 0 Å². The van der Waals surface area contributed by atoms with Gasteiger partial charge in [-0.15, -0.1) is 0 Å². The monoisotopic (exact) mass is 389 g/mol. The molecule has 0 spiro atoms. The molecule has 0 unspecified atom stereocenters. The molecule has 0 bridgehead atoms. The zero-order valence-electron chi connectivity index (χ0n) is 14.5. The van der Waals surface area contributed by atoms with Crippen LogP contribution in [-0.4, -0.2) is 43.1 Å². The highest BCUT2D eigenvalue weighted by Gasteiger charge is 2.27. The highest BCUT2D eigenvalue weighted by atomic mass is 32.2. The number of Topliss-reactive ketones (excluding diaryl/α,β-unsaturated/α-hetero) is 1. The van der Waals surface area contributed by atoms with E-state index in [9.17, 15) is 23.3 Å². The van der Waals surface area contributed by atoms with E-state index in [1.165, 1.54) is 40.7 Å². The SMILES string of the molecule is O=C(CNc1ccc([N+](=O)[O-])cc1)c1cccc(S(=O)(=O)N2CCCC2)c1. The molecule has 1 heterocycles. The number of nitro groups is 1. The first-order valence-corrected chi connectivity index (χ1v) is 9.94. The molecule has 27 heavy (non-hydrogen) atoms. The first-order valence-electron chi connectivity index (χ1n) is 8.50. The van der Waals surface area contributed by atoms with Crippen LogP contribution >= 0.6 is 0 Å². The fourth-order valence-electron chi connectivity index (χ4n) is 2.89. The summed E-state index contributed by atoms with van der Waals surface area (Å²) < 4.78 is 26.7. The molecule has 3 rings (SSSR count). The Balaban J connectivity index is 1.69. The Morgan fingerprint density at radius 3 is 2.41 bits per heavy atom. The molecule has 1 N–H and O–H groups in total. The summed E-state index contributed by atoms with van der Waals surface area (Å²) in [6.07, 6.45) is 1.69. The Hall–Kier alpha value is -2.78. The molecule has 2 aromatic rings. The maximum absolute atomic E-state index is 12.6. The minimum absolute atomic E-state index is 0.0355. The number of carbonyl (C=O) groups is 1. The minimum Gasteiger partial charge on any atom is -0.378 e. The van der Waals surface area contributed by atoms with E-state index in [4.69, 9.17) is 0 Å². The number of nitrogens with zero attached hydrogens (tertiary/aromatic N) is 2. The first kappa shape index (κ1) is 19.0. The van der Waals surface area contributed by atoms with Crippen molar-refractivity contribution in [3.63, 3.8) is 0 Å². The Morgan fingerprint density at radius 2 is 1.78 bits per heavy atom. The fraction of sp³-hybridized carbons (Fsp3) is 0.278. The van der Waals surface area contributed by atoms with Gasteiger partial charge in [-0.3, -0.25) is 14.9 Å². The summed E-state index contributed by atoms with van der Waals surface area (Å²) in [5.41, 5.74) is 0.825. The van der Waals surface area contributed by atoms with E-state index in [1.807, 2.05) is 0 Å². The number of ketones is 1. The molecule has 0 saturated carbocycles. The summed E-state index contributed by atoms with van der Waals surface area (Å²) in [5.74, 6) is -0.271. The second-order valence-corrected chi connectivity index (χ2v) is 8.16. The number of rotatable bonds is 7. The maximum Gasteiger partial charge on any atom is 0.269 e. The molecule has 8 nitrogen and oxygen atoms in total. The molecule has 1 aliphatic rings. The molecule has 1 fully saturated rings. The zero-order valence-corrected chi connectivity index (χ0v) is 15.3. The Morgan fingerprint density at radius 1 is 1.11 bits per heavy atom. The number of benzene rings is 2. The average molecular weight is 389 g/mol. The molecule has 9 heteroatoms. The van der Waals surface area contributed by atoms with Gasteiger partial charge in [-0.25, -0.2) is 8.42 Å². The standard InChI is InChI=1S/C18H19N3O5S/c22-18(13-19-15-6-8-16(9-7-15)21(23)24)14-4-3-5-17(12-14)27(25,26)20-10-1-2-11-20/h3-9,12,19H,1-2,10-11,13H2. The van der Waals surface area contributed by atoms with Crippen LogP contribution in [0.4, 0.5) is 11.4 Å². The number of sulfonamides is 1. The first-order chi connectivity index (χ1) is 12.9. The molecule has 142 valence electrons. The van der Waals surface area contributed by atoms with E-state index in [0.717, 1.165) is 12.8 Å². The number of non-ortho nitro benzene ring substituents is 1. The Bertz CT molecular complexity index is 951. The topological polar surface area (TPSA) is 110 Å². The highest BCUT2D eigenvalue weighted by Crippen LogP contribution is 2.22. The van der Waals surface area contributed by atoms with Gasteiger partial charge in [0.1, 0.15) is 0 Å². The summed E-state index contributed by atoms with van der Waals surface area (Å²) >= 11 is 0. The van der Waals surface area contributed by atoms with Crippen LogP contribution in [0.3, 0.4) is 0 Å². The van der Waals surface area contributed by atoms with Gasteiger partial charge in [-0.05, 0) is 37.1 Å². The molecule has 1 saturated heterocycles. The second kappa shape index (κ2) is 7.85. The average Bonchev–Trinajstić information content (AvgIpc) is 3.22. The van der Waals surface area contributed by atoms with E-state index in [-0.39, 0.29) is 22.9 Å². The number of nitro benzene ring substituents is 1. The summed E-state index contributed by atoms with van der Waals surface area (Å²) in [6, 6.07) is 11.7. The van der Waals surface area contributed by atoms with Gasteiger partial charge in [-0.1, -0.05) is 12.1 Å². The smallest absolute Gasteiger partial charge is 0.269 e. The Kier molecular flexibility index (Phi) is 5.52. The zero-order chi connectivity index (χ0) is 19.4. The van der Waals surface area contributed by atoms with Crippen molar-refractivity contribution in [2.24, 2.45) is 0 Å². The normalized spacial score (nSPS) is 14.8. The van der Waals surface area contributed by atoms with Crippen molar-refractivity contribution in [3.05, 3.63) is 64.2 Å². The molecule has 0 radical (unpaired) electrons. The van der Waals surface area contributed by atoms with Gasteiger partial charge < -0.3 is 5.32 Å². The van der Waals surface area contributed by atoms with Crippen LogP contribution in [0.15, 0.2) is 53.4 Å². The van der Waals surface area contributed by atoms with Gasteiger partial charge in [0.15, 0.2) is 5.78 Å². The molecule has 0 aromatic heterocycles. The largest absolute Gasteiger partial charge is 0.378 e. The third-order valence-electron chi connectivity index (χ3n) is 4.39. The van der Waals surface area contributed by atoms with Crippen LogP contribution in [-0.2, 0) is 10.0 Å². The van der Waals surface area contributed by atoms with E-state index < -0.39 is 14.9 Å². The number of anilines is 1. The number of carbonyl (C=O) groups excluding carboxylic acids is 1. The lowest BCUT2D eigenvalue weighted by atomic mass is 10.1. The molecule has 0 amide bonds. The Labute approximate surface area is 157 Å². The van der Waals surface area contributed by atoms with Crippen LogP contribution in [0.2, 0.25) is 0 Å². The lowest BCUT2D eigenvalue weighted by molar-refractivity contribution is -0.384.